The quantitative estimate of drug-likeness (QED) is 0.0795. The molecule has 1 amide bonds. The van der Waals surface area contributed by atoms with E-state index >= 15 is 0 Å². The van der Waals surface area contributed by atoms with Crippen molar-refractivity contribution >= 4 is 23.8 Å². The summed E-state index contributed by atoms with van der Waals surface area (Å²) < 4.78 is 4.53. The smallest absolute Gasteiger partial charge is 0.326 e. The summed E-state index contributed by atoms with van der Waals surface area (Å²) in [7, 11) is 1.23. The van der Waals surface area contributed by atoms with Crippen molar-refractivity contribution < 1.29 is 34.1 Å². The van der Waals surface area contributed by atoms with E-state index in [1.54, 1.807) is 0 Å². The number of carbonyl (C=O) groups is 4. The van der Waals surface area contributed by atoms with Gasteiger partial charge in [-0.2, -0.15) is 0 Å². The van der Waals surface area contributed by atoms with E-state index in [0.29, 0.717) is 25.8 Å². The minimum absolute atomic E-state index is 0.0408. The van der Waals surface area contributed by atoms with Crippen LogP contribution in [0.4, 0.5) is 0 Å². The fourth-order valence-electron chi connectivity index (χ4n) is 4.46. The fourth-order valence-corrected chi connectivity index (χ4v) is 4.46. The van der Waals surface area contributed by atoms with Crippen molar-refractivity contribution in [2.75, 3.05) is 13.7 Å². The van der Waals surface area contributed by atoms with Gasteiger partial charge in [0.2, 0.25) is 5.91 Å². The molecule has 222 valence electrons. The number of esters is 1. The Balaban J connectivity index is 4.72. The van der Waals surface area contributed by atoms with Gasteiger partial charge in [-0.15, -0.1) is 0 Å². The van der Waals surface area contributed by atoms with Crippen LogP contribution in [-0.4, -0.2) is 65.8 Å². The molecule has 10 nitrogen and oxygen atoms in total. The first kappa shape index (κ1) is 35.8. The van der Waals surface area contributed by atoms with Crippen molar-refractivity contribution in [3.05, 3.63) is 0 Å². The maximum atomic E-state index is 12.4. The molecule has 0 aliphatic heterocycles. The Hall–Kier alpha value is -2.20. The largest absolute Gasteiger partial charge is 0.480 e. The monoisotopic (exact) mass is 543 g/mol. The lowest BCUT2D eigenvalue weighted by atomic mass is 9.99. The van der Waals surface area contributed by atoms with Crippen LogP contribution < -0.4 is 16.4 Å². The Labute approximate surface area is 228 Å². The zero-order chi connectivity index (χ0) is 28.6. The third-order valence-electron chi connectivity index (χ3n) is 6.79. The summed E-state index contributed by atoms with van der Waals surface area (Å²) in [5, 5.41) is 24.8. The van der Waals surface area contributed by atoms with E-state index in [9.17, 15) is 29.4 Å². The Morgan fingerprint density at radius 1 is 0.711 bits per heavy atom. The first-order valence-electron chi connectivity index (χ1n) is 14.5. The second-order valence-electron chi connectivity index (χ2n) is 10.1. The molecular formula is C28H53N3O7. The van der Waals surface area contributed by atoms with E-state index in [0.717, 1.165) is 32.1 Å². The number of nitrogens with one attached hydrogen (secondary N) is 2. The van der Waals surface area contributed by atoms with E-state index in [4.69, 9.17) is 5.73 Å². The number of unbranched alkanes of at least 4 members (excludes halogenated alkanes) is 9. The van der Waals surface area contributed by atoms with Gasteiger partial charge >= 0.3 is 17.9 Å². The van der Waals surface area contributed by atoms with Gasteiger partial charge in [0.1, 0.15) is 12.1 Å². The molecular weight excluding hydrogens is 490 g/mol. The molecule has 0 bridgehead atoms. The van der Waals surface area contributed by atoms with Gasteiger partial charge in [-0.05, 0) is 45.1 Å². The zero-order valence-corrected chi connectivity index (χ0v) is 23.7. The van der Waals surface area contributed by atoms with Gasteiger partial charge in [0.25, 0.3) is 0 Å². The molecule has 0 saturated heterocycles. The van der Waals surface area contributed by atoms with Crippen molar-refractivity contribution in [3.63, 3.8) is 0 Å². The maximum absolute atomic E-state index is 12.4. The van der Waals surface area contributed by atoms with Crippen molar-refractivity contribution in [3.8, 4) is 0 Å². The second-order valence-corrected chi connectivity index (χ2v) is 10.1. The van der Waals surface area contributed by atoms with E-state index < -0.39 is 35.9 Å². The topological polar surface area (TPSA) is 168 Å². The Bertz CT molecular complexity index is 660. The Morgan fingerprint density at radius 3 is 1.82 bits per heavy atom. The van der Waals surface area contributed by atoms with E-state index in [1.807, 2.05) is 0 Å². The number of methoxy groups -OCH3 is 1. The molecule has 6 N–H and O–H groups in total. The van der Waals surface area contributed by atoms with Crippen LogP contribution in [0.3, 0.4) is 0 Å². The predicted molar refractivity (Wildman–Crippen MR) is 148 cm³/mol. The van der Waals surface area contributed by atoms with Crippen LogP contribution in [0.15, 0.2) is 0 Å². The first-order chi connectivity index (χ1) is 18.2. The summed E-state index contributed by atoms with van der Waals surface area (Å²) >= 11 is 0. The van der Waals surface area contributed by atoms with Gasteiger partial charge in [0, 0.05) is 18.9 Å². The van der Waals surface area contributed by atoms with Crippen molar-refractivity contribution in [2.24, 2.45) is 5.73 Å². The summed E-state index contributed by atoms with van der Waals surface area (Å²) in [6, 6.07) is -1.86. The minimum Gasteiger partial charge on any atom is -0.480 e. The van der Waals surface area contributed by atoms with Crippen LogP contribution in [0.5, 0.6) is 0 Å². The van der Waals surface area contributed by atoms with Crippen molar-refractivity contribution in [2.45, 2.75) is 141 Å². The number of rotatable bonds is 26. The van der Waals surface area contributed by atoms with Crippen LogP contribution in [0.1, 0.15) is 122 Å². The van der Waals surface area contributed by atoms with Crippen LogP contribution in [0.2, 0.25) is 0 Å². The summed E-state index contributed by atoms with van der Waals surface area (Å²) in [5.74, 6) is -3.02. The summed E-state index contributed by atoms with van der Waals surface area (Å²) in [5.41, 5.74) is 5.55. The van der Waals surface area contributed by atoms with E-state index in [1.165, 1.54) is 52.1 Å². The highest BCUT2D eigenvalue weighted by molar-refractivity contribution is 5.84. The number of carbonyl (C=O) groups excluding carboxylic acids is 2. The standard InChI is InChI=1S/C28H53N3O7/c1-3-4-5-6-7-8-9-10-11-15-22(30-23(27(34)35)17-12-13-21-29)16-14-18-25(32)31-24(28(36)37)19-20-26(33)38-2/h22-24,30H,3-21,29H2,1-2H3,(H,31,32)(H,34,35)(H,36,37)/t22?,23-,24-/m0/s1. The molecule has 0 saturated carbocycles. The van der Waals surface area contributed by atoms with Gasteiger partial charge in [-0.3, -0.25) is 14.4 Å². The predicted octanol–water partition coefficient (Wildman–Crippen LogP) is 4.14. The van der Waals surface area contributed by atoms with E-state index in [-0.39, 0.29) is 25.3 Å². The summed E-state index contributed by atoms with van der Waals surface area (Å²) in [4.78, 5) is 46.9. The third-order valence-corrected chi connectivity index (χ3v) is 6.79. The molecule has 0 spiro atoms. The number of aliphatic carboxylic acids is 2. The normalized spacial score (nSPS) is 13.4. The number of hydrogen-bond donors (Lipinski definition) is 5. The molecule has 0 aliphatic carbocycles. The summed E-state index contributed by atoms with van der Waals surface area (Å²) in [6.07, 6.45) is 14.8. The molecule has 0 aromatic rings. The number of hydrogen-bond acceptors (Lipinski definition) is 7. The highest BCUT2D eigenvalue weighted by atomic mass is 16.5. The highest BCUT2D eigenvalue weighted by Gasteiger charge is 2.23. The average molecular weight is 544 g/mol. The molecule has 0 aromatic heterocycles. The number of nitrogens with two attached hydrogens (primary N) is 1. The third kappa shape index (κ3) is 19.9. The van der Waals surface area contributed by atoms with Crippen LogP contribution in [0, 0.1) is 0 Å². The zero-order valence-electron chi connectivity index (χ0n) is 23.7. The average Bonchev–Trinajstić information content (AvgIpc) is 2.88. The number of carboxylic acid groups (broad SMARTS) is 2. The van der Waals surface area contributed by atoms with Gasteiger partial charge < -0.3 is 31.3 Å². The molecule has 0 radical (unpaired) electrons. The molecule has 0 aliphatic rings. The van der Waals surface area contributed by atoms with Crippen LogP contribution in [-0.2, 0) is 23.9 Å². The molecule has 0 aromatic carbocycles. The highest BCUT2D eigenvalue weighted by Crippen LogP contribution is 2.15. The molecule has 3 atom stereocenters. The molecule has 1 unspecified atom stereocenters. The van der Waals surface area contributed by atoms with Gasteiger partial charge in [0.15, 0.2) is 0 Å². The number of carboxylic acids is 2. The fraction of sp³-hybridized carbons (Fsp3) is 0.857. The van der Waals surface area contributed by atoms with Gasteiger partial charge in [-0.25, -0.2) is 4.79 Å². The molecule has 38 heavy (non-hydrogen) atoms. The molecule has 10 heteroatoms. The Morgan fingerprint density at radius 2 is 1.26 bits per heavy atom. The number of ether oxygens (including phenoxy) is 1. The van der Waals surface area contributed by atoms with Gasteiger partial charge in [0.05, 0.1) is 7.11 Å². The molecule has 0 rings (SSSR count). The van der Waals surface area contributed by atoms with Crippen LogP contribution >= 0.6 is 0 Å². The summed E-state index contributed by atoms with van der Waals surface area (Å²) in [6.45, 7) is 2.74. The van der Waals surface area contributed by atoms with Crippen molar-refractivity contribution in [1.29, 1.82) is 0 Å². The lowest BCUT2D eigenvalue weighted by molar-refractivity contribution is -0.144. The number of amides is 1. The second kappa shape index (κ2) is 23.9. The van der Waals surface area contributed by atoms with Crippen LogP contribution in [0.25, 0.3) is 0 Å². The van der Waals surface area contributed by atoms with E-state index in [2.05, 4.69) is 22.3 Å². The lowest BCUT2D eigenvalue weighted by Crippen LogP contribution is -2.44. The SMILES string of the molecule is CCCCCCCCCCCC(CCCC(=O)N[C@@H](CCC(=O)OC)C(=O)O)N[C@@H](CCCCN)C(=O)O. The maximum Gasteiger partial charge on any atom is 0.326 e. The minimum atomic E-state index is -1.20. The first-order valence-corrected chi connectivity index (χ1v) is 14.5. The molecule has 0 fully saturated rings. The molecule has 0 heterocycles. The lowest BCUT2D eigenvalue weighted by Gasteiger charge is -2.24. The Kier molecular flexibility index (Phi) is 22.5. The van der Waals surface area contributed by atoms with Crippen molar-refractivity contribution in [1.82, 2.24) is 10.6 Å². The van der Waals surface area contributed by atoms with Gasteiger partial charge in [-0.1, -0.05) is 71.1 Å².